The van der Waals surface area contributed by atoms with Gasteiger partial charge in [0.25, 0.3) is 0 Å². The van der Waals surface area contributed by atoms with Gasteiger partial charge in [-0.3, -0.25) is 0 Å². The fourth-order valence-corrected chi connectivity index (χ4v) is 1.21. The zero-order valence-electron chi connectivity index (χ0n) is 9.21. The minimum Gasteiger partial charge on any atom is -0.493 e. The van der Waals surface area contributed by atoms with Crippen LogP contribution in [-0.2, 0) is 5.41 Å². The molecule has 0 aromatic heterocycles. The zero-order valence-corrected chi connectivity index (χ0v) is 9.21. The van der Waals surface area contributed by atoms with Crippen molar-refractivity contribution in [2.45, 2.75) is 26.2 Å². The van der Waals surface area contributed by atoms with E-state index in [4.69, 9.17) is 4.74 Å². The fourth-order valence-electron chi connectivity index (χ4n) is 1.21. The molecule has 1 aromatic carbocycles. The van der Waals surface area contributed by atoms with Gasteiger partial charge in [-0.25, -0.2) is 0 Å². The van der Waals surface area contributed by atoms with Crippen LogP contribution in [0.4, 0.5) is 0 Å². The van der Waals surface area contributed by atoms with Crippen molar-refractivity contribution in [3.05, 3.63) is 43.2 Å². The Bertz CT molecular complexity index is 266. The zero-order chi connectivity index (χ0) is 10.6. The topological polar surface area (TPSA) is 9.23 Å². The predicted molar refractivity (Wildman–Crippen MR) is 60.3 cm³/mol. The van der Waals surface area contributed by atoms with Crippen LogP contribution in [0.3, 0.4) is 0 Å². The Kier molecular flexibility index (Phi) is 3.56. The van der Waals surface area contributed by atoms with Crippen molar-refractivity contribution in [3.63, 3.8) is 0 Å². The van der Waals surface area contributed by atoms with Crippen molar-refractivity contribution in [1.29, 1.82) is 0 Å². The highest BCUT2D eigenvalue weighted by Crippen LogP contribution is 2.24. The van der Waals surface area contributed by atoms with E-state index in [-0.39, 0.29) is 5.41 Å². The van der Waals surface area contributed by atoms with E-state index in [1.54, 1.807) is 6.42 Å². The lowest BCUT2D eigenvalue weighted by atomic mass is 9.87. The molecule has 0 spiro atoms. The molecule has 1 rings (SSSR count). The molecule has 0 saturated carbocycles. The minimum absolute atomic E-state index is 0.205. The lowest BCUT2D eigenvalue weighted by Crippen LogP contribution is -2.10. The molecule has 76 valence electrons. The second-order valence-corrected chi connectivity index (χ2v) is 4.37. The predicted octanol–water partition coefficient (Wildman–Crippen LogP) is 3.40. The summed E-state index contributed by atoms with van der Waals surface area (Å²) in [5.41, 5.74) is 1.53. The summed E-state index contributed by atoms with van der Waals surface area (Å²) in [6.07, 6.45) is 1.75. The maximum Gasteiger partial charge on any atom is 0.119 e. The first-order valence-electron chi connectivity index (χ1n) is 4.88. The smallest absolute Gasteiger partial charge is 0.119 e. The molecule has 0 heterocycles. The fraction of sp³-hybridized carbons (Fsp3) is 0.385. The van der Waals surface area contributed by atoms with Gasteiger partial charge < -0.3 is 4.74 Å². The van der Waals surface area contributed by atoms with E-state index in [0.717, 1.165) is 5.75 Å². The average Bonchev–Trinajstić information content (AvgIpc) is 2.14. The third kappa shape index (κ3) is 3.06. The maximum absolute atomic E-state index is 5.40. The van der Waals surface area contributed by atoms with Crippen LogP contribution in [-0.4, -0.2) is 6.61 Å². The molecule has 0 aliphatic rings. The molecular formula is C13H18O. The van der Waals surface area contributed by atoms with Gasteiger partial charge >= 0.3 is 0 Å². The Morgan fingerprint density at radius 3 is 2.21 bits per heavy atom. The molecule has 0 aliphatic carbocycles. The van der Waals surface area contributed by atoms with Crippen molar-refractivity contribution >= 4 is 0 Å². The number of rotatable bonds is 3. The Hall–Kier alpha value is -0.980. The van der Waals surface area contributed by atoms with Gasteiger partial charge in [0.05, 0.1) is 6.61 Å². The van der Waals surface area contributed by atoms with Gasteiger partial charge in [-0.05, 0) is 36.5 Å². The first kappa shape index (κ1) is 11.1. The molecule has 0 N–H and O–H groups in total. The van der Waals surface area contributed by atoms with Crippen LogP contribution < -0.4 is 4.74 Å². The molecule has 0 saturated heterocycles. The Morgan fingerprint density at radius 2 is 1.79 bits per heavy atom. The third-order valence-electron chi connectivity index (χ3n) is 2.09. The lowest BCUT2D eigenvalue weighted by molar-refractivity contribution is 0.352. The molecule has 2 radical (unpaired) electrons. The Labute approximate surface area is 87.1 Å². The molecule has 0 atom stereocenters. The molecule has 0 bridgehead atoms. The molecule has 0 amide bonds. The van der Waals surface area contributed by atoms with E-state index in [2.05, 4.69) is 39.8 Å². The average molecular weight is 190 g/mol. The molecule has 1 nitrogen and oxygen atoms in total. The highest BCUT2D eigenvalue weighted by molar-refractivity contribution is 5.31. The molecule has 1 aromatic rings. The van der Waals surface area contributed by atoms with Gasteiger partial charge in [0.2, 0.25) is 0 Å². The Balaban J connectivity index is 2.69. The molecule has 0 aliphatic heterocycles. The van der Waals surface area contributed by atoms with E-state index in [9.17, 15) is 0 Å². The maximum atomic E-state index is 5.40. The molecule has 1 heteroatoms. The summed E-state index contributed by atoms with van der Waals surface area (Å²) in [5, 5.41) is 0. The van der Waals surface area contributed by atoms with Crippen molar-refractivity contribution in [1.82, 2.24) is 0 Å². The second-order valence-electron chi connectivity index (χ2n) is 4.37. The summed E-state index contributed by atoms with van der Waals surface area (Å²) < 4.78 is 5.40. The highest BCUT2D eigenvalue weighted by atomic mass is 16.5. The van der Waals surface area contributed by atoms with Gasteiger partial charge in [0, 0.05) is 0 Å². The Morgan fingerprint density at radius 1 is 1.21 bits per heavy atom. The second kappa shape index (κ2) is 4.50. The largest absolute Gasteiger partial charge is 0.493 e. The van der Waals surface area contributed by atoms with Crippen LogP contribution >= 0.6 is 0 Å². The molecule has 14 heavy (non-hydrogen) atoms. The van der Waals surface area contributed by atoms with Gasteiger partial charge in [-0.1, -0.05) is 32.9 Å². The number of hydrogen-bond donors (Lipinski definition) is 0. The van der Waals surface area contributed by atoms with E-state index < -0.39 is 0 Å². The molecular weight excluding hydrogens is 172 g/mol. The van der Waals surface area contributed by atoms with E-state index in [0.29, 0.717) is 6.61 Å². The SMILES string of the molecule is [CH2][CH]COc1ccc(C(C)(C)C)cc1. The van der Waals surface area contributed by atoms with Crippen LogP contribution in [0.15, 0.2) is 24.3 Å². The van der Waals surface area contributed by atoms with Crippen LogP contribution in [0.1, 0.15) is 26.3 Å². The molecule has 0 unspecified atom stereocenters. The monoisotopic (exact) mass is 190 g/mol. The summed E-state index contributed by atoms with van der Waals surface area (Å²) in [4.78, 5) is 0. The number of ether oxygens (including phenoxy) is 1. The van der Waals surface area contributed by atoms with Gasteiger partial charge in [0.15, 0.2) is 0 Å². The first-order valence-corrected chi connectivity index (χ1v) is 4.88. The van der Waals surface area contributed by atoms with Crippen LogP contribution in [0.25, 0.3) is 0 Å². The first-order chi connectivity index (χ1) is 6.54. The highest BCUT2D eigenvalue weighted by Gasteiger charge is 2.12. The third-order valence-corrected chi connectivity index (χ3v) is 2.09. The van der Waals surface area contributed by atoms with Crippen molar-refractivity contribution in [2.24, 2.45) is 0 Å². The summed E-state index contributed by atoms with van der Waals surface area (Å²) >= 11 is 0. The van der Waals surface area contributed by atoms with Crippen LogP contribution in [0, 0.1) is 13.3 Å². The van der Waals surface area contributed by atoms with Crippen molar-refractivity contribution in [2.75, 3.05) is 6.61 Å². The quantitative estimate of drug-likeness (QED) is 0.709. The number of benzene rings is 1. The van der Waals surface area contributed by atoms with Crippen LogP contribution in [0.5, 0.6) is 5.75 Å². The number of hydrogen-bond acceptors (Lipinski definition) is 1. The standard InChI is InChI=1S/C13H18O/c1-5-10-14-12-8-6-11(7-9-12)13(2,3)4/h5-9H,1,10H2,2-4H3. The van der Waals surface area contributed by atoms with Gasteiger partial charge in [-0.2, -0.15) is 0 Å². The van der Waals surface area contributed by atoms with Gasteiger partial charge in [0.1, 0.15) is 5.75 Å². The summed E-state index contributed by atoms with van der Waals surface area (Å²) in [6, 6.07) is 8.23. The lowest BCUT2D eigenvalue weighted by Gasteiger charge is -2.19. The van der Waals surface area contributed by atoms with E-state index >= 15 is 0 Å². The van der Waals surface area contributed by atoms with Crippen LogP contribution in [0.2, 0.25) is 0 Å². The van der Waals surface area contributed by atoms with Crippen molar-refractivity contribution in [3.8, 4) is 5.75 Å². The van der Waals surface area contributed by atoms with E-state index in [1.807, 2.05) is 12.1 Å². The summed E-state index contributed by atoms with van der Waals surface area (Å²) in [7, 11) is 0. The normalized spacial score (nSPS) is 11.4. The van der Waals surface area contributed by atoms with E-state index in [1.165, 1.54) is 5.56 Å². The van der Waals surface area contributed by atoms with Gasteiger partial charge in [-0.15, -0.1) is 0 Å². The summed E-state index contributed by atoms with van der Waals surface area (Å²) in [6.45, 7) is 10.8. The summed E-state index contributed by atoms with van der Waals surface area (Å²) in [5.74, 6) is 0.901. The minimum atomic E-state index is 0.205. The van der Waals surface area contributed by atoms with Crippen molar-refractivity contribution < 1.29 is 4.74 Å². The molecule has 0 fully saturated rings.